The number of nitrogens with one attached hydrogen (secondary N) is 2. The highest BCUT2D eigenvalue weighted by Crippen LogP contribution is 2.30. The van der Waals surface area contributed by atoms with Crippen LogP contribution in [0.25, 0.3) is 0 Å². The third-order valence-electron chi connectivity index (χ3n) is 3.74. The first-order chi connectivity index (χ1) is 11.2. The van der Waals surface area contributed by atoms with Crippen molar-refractivity contribution in [2.24, 2.45) is 0 Å². The number of hydrogen-bond acceptors (Lipinski definition) is 6. The van der Waals surface area contributed by atoms with Gasteiger partial charge in [-0.25, -0.2) is 9.67 Å². The quantitative estimate of drug-likeness (QED) is 0.564. The van der Waals surface area contributed by atoms with Crippen LogP contribution in [-0.2, 0) is 27.4 Å². The molecule has 2 aliphatic rings. The fourth-order valence-corrected chi connectivity index (χ4v) is 2.52. The molecule has 23 heavy (non-hydrogen) atoms. The molecular formula is C14H14N6O3. The van der Waals surface area contributed by atoms with Crippen LogP contribution in [0.3, 0.4) is 0 Å². The Morgan fingerprint density at radius 1 is 1.52 bits per heavy atom. The Morgan fingerprint density at radius 3 is 3.22 bits per heavy atom. The number of pyridine rings is 1. The molecule has 0 radical (unpaired) electrons. The zero-order valence-corrected chi connectivity index (χ0v) is 12.1. The number of nitrogens with zero attached hydrogens (tertiary/aromatic N) is 4. The van der Waals surface area contributed by atoms with Gasteiger partial charge >= 0.3 is 0 Å². The normalized spacial score (nSPS) is 21.7. The number of ether oxygens (including phenoxy) is 1. The van der Waals surface area contributed by atoms with Crippen LogP contribution in [0.1, 0.15) is 17.2 Å². The van der Waals surface area contributed by atoms with Crippen molar-refractivity contribution < 1.29 is 14.3 Å². The Morgan fingerprint density at radius 2 is 2.39 bits per heavy atom. The number of fused-ring (bicyclic) bond motifs is 1. The molecule has 2 N–H and O–H groups in total. The van der Waals surface area contributed by atoms with E-state index in [1.165, 1.54) is 0 Å². The summed E-state index contributed by atoms with van der Waals surface area (Å²) in [7, 11) is 0. The Kier molecular flexibility index (Phi) is 3.27. The molecule has 118 valence electrons. The van der Waals surface area contributed by atoms with Gasteiger partial charge in [-0.15, -0.1) is 5.10 Å². The van der Waals surface area contributed by atoms with E-state index in [2.05, 4.69) is 25.9 Å². The second-order valence-corrected chi connectivity index (χ2v) is 5.47. The molecule has 0 bridgehead atoms. The summed E-state index contributed by atoms with van der Waals surface area (Å²) < 4.78 is 6.80. The van der Waals surface area contributed by atoms with Gasteiger partial charge < -0.3 is 15.4 Å². The van der Waals surface area contributed by atoms with Gasteiger partial charge in [0, 0.05) is 11.8 Å². The first-order valence-electron chi connectivity index (χ1n) is 7.25. The summed E-state index contributed by atoms with van der Waals surface area (Å²) in [5.74, 6) is -1.19. The van der Waals surface area contributed by atoms with Crippen LogP contribution in [0.2, 0.25) is 0 Å². The second-order valence-electron chi connectivity index (χ2n) is 5.47. The number of aromatic nitrogens is 4. The Bertz CT molecular complexity index is 769. The Balaban J connectivity index is 1.40. The van der Waals surface area contributed by atoms with E-state index >= 15 is 0 Å². The van der Waals surface area contributed by atoms with E-state index in [9.17, 15) is 9.59 Å². The van der Waals surface area contributed by atoms with E-state index in [0.717, 1.165) is 6.61 Å². The predicted octanol–water partition coefficient (Wildman–Crippen LogP) is -0.576. The maximum atomic E-state index is 12.3. The van der Waals surface area contributed by atoms with E-state index in [-0.39, 0.29) is 24.5 Å². The van der Waals surface area contributed by atoms with Crippen molar-refractivity contribution in [3.8, 4) is 0 Å². The lowest BCUT2D eigenvalue weighted by Crippen LogP contribution is -2.32. The lowest BCUT2D eigenvalue weighted by molar-refractivity contribution is -0.128. The average molecular weight is 314 g/mol. The maximum absolute atomic E-state index is 12.3. The largest absolute Gasteiger partial charge is 0.371 e. The van der Waals surface area contributed by atoms with Gasteiger partial charge in [0.25, 0.3) is 0 Å². The summed E-state index contributed by atoms with van der Waals surface area (Å²) in [5, 5.41) is 13.3. The highest BCUT2D eigenvalue weighted by Gasteiger charge is 2.37. The first-order valence-corrected chi connectivity index (χ1v) is 7.25. The van der Waals surface area contributed by atoms with Gasteiger partial charge in [-0.05, 0) is 6.07 Å². The van der Waals surface area contributed by atoms with Crippen molar-refractivity contribution in [3.05, 3.63) is 35.8 Å². The van der Waals surface area contributed by atoms with Crippen LogP contribution in [0.15, 0.2) is 24.5 Å². The fraction of sp³-hybridized carbons (Fsp3) is 0.357. The summed E-state index contributed by atoms with van der Waals surface area (Å²) in [4.78, 5) is 28.3. The highest BCUT2D eigenvalue weighted by molar-refractivity contribution is 6.15. The van der Waals surface area contributed by atoms with E-state index in [1.54, 1.807) is 29.2 Å². The number of carbonyl (C=O) groups excluding carboxylic acids is 2. The van der Waals surface area contributed by atoms with Crippen LogP contribution in [-0.4, -0.2) is 44.5 Å². The molecule has 2 aliphatic heterocycles. The SMILES string of the molecule is O=C(NCc1cn(CC2CO2)nn1)C1C(=O)Nc2ncccc21. The topological polar surface area (TPSA) is 114 Å². The second kappa shape index (κ2) is 5.43. The van der Waals surface area contributed by atoms with Gasteiger partial charge in [0.1, 0.15) is 23.5 Å². The van der Waals surface area contributed by atoms with Crippen LogP contribution >= 0.6 is 0 Å². The number of carbonyl (C=O) groups is 2. The lowest BCUT2D eigenvalue weighted by atomic mass is 10.0. The minimum Gasteiger partial charge on any atom is -0.371 e. The third kappa shape index (κ3) is 2.78. The number of amides is 2. The zero-order valence-electron chi connectivity index (χ0n) is 12.1. The monoisotopic (exact) mass is 314 g/mol. The molecule has 0 aromatic carbocycles. The molecular weight excluding hydrogens is 300 g/mol. The van der Waals surface area contributed by atoms with Crippen LogP contribution in [0.5, 0.6) is 0 Å². The minimum atomic E-state index is -0.881. The van der Waals surface area contributed by atoms with Crippen molar-refractivity contribution in [2.45, 2.75) is 25.1 Å². The smallest absolute Gasteiger partial charge is 0.242 e. The molecule has 0 saturated carbocycles. The van der Waals surface area contributed by atoms with E-state index in [0.29, 0.717) is 23.6 Å². The Labute approximate surface area is 131 Å². The Hall–Kier alpha value is -2.81. The molecule has 0 aliphatic carbocycles. The van der Waals surface area contributed by atoms with Gasteiger partial charge in [0.05, 0.1) is 25.9 Å². The van der Waals surface area contributed by atoms with Crippen molar-refractivity contribution in [1.82, 2.24) is 25.3 Å². The molecule has 4 rings (SSSR count). The molecule has 2 atom stereocenters. The van der Waals surface area contributed by atoms with Crippen LogP contribution in [0.4, 0.5) is 5.82 Å². The van der Waals surface area contributed by atoms with Gasteiger partial charge in [0.15, 0.2) is 0 Å². The zero-order chi connectivity index (χ0) is 15.8. The van der Waals surface area contributed by atoms with Crippen molar-refractivity contribution in [2.75, 3.05) is 11.9 Å². The van der Waals surface area contributed by atoms with Crippen LogP contribution in [0, 0.1) is 0 Å². The van der Waals surface area contributed by atoms with Gasteiger partial charge in [-0.2, -0.15) is 0 Å². The lowest BCUT2D eigenvalue weighted by Gasteiger charge is -2.08. The van der Waals surface area contributed by atoms with Gasteiger partial charge in [-0.1, -0.05) is 11.3 Å². The molecule has 2 aromatic heterocycles. The van der Waals surface area contributed by atoms with Crippen molar-refractivity contribution >= 4 is 17.6 Å². The molecule has 9 nitrogen and oxygen atoms in total. The summed E-state index contributed by atoms with van der Waals surface area (Å²) in [6.07, 6.45) is 3.54. The van der Waals surface area contributed by atoms with Crippen molar-refractivity contribution in [3.63, 3.8) is 0 Å². The predicted molar refractivity (Wildman–Crippen MR) is 77.2 cm³/mol. The van der Waals surface area contributed by atoms with Gasteiger partial charge in [-0.3, -0.25) is 9.59 Å². The summed E-state index contributed by atoms with van der Waals surface area (Å²) in [6, 6.07) is 3.42. The molecule has 1 saturated heterocycles. The number of anilines is 1. The summed E-state index contributed by atoms with van der Waals surface area (Å²) in [5.41, 5.74) is 1.22. The highest BCUT2D eigenvalue weighted by atomic mass is 16.6. The minimum absolute atomic E-state index is 0.212. The maximum Gasteiger partial charge on any atom is 0.242 e. The number of epoxide rings is 1. The number of hydrogen-bond donors (Lipinski definition) is 2. The molecule has 4 heterocycles. The molecule has 2 unspecified atom stereocenters. The number of rotatable bonds is 5. The first kappa shape index (κ1) is 13.8. The molecule has 0 spiro atoms. The standard InChI is InChI=1S/C14H14N6O3/c21-13(11-10-2-1-3-15-12(10)17-14(11)22)16-4-8-5-20(19-18-8)6-9-7-23-9/h1-3,5,9,11H,4,6-7H2,(H,16,21)(H,15,17,22). The average Bonchev–Trinajstić information content (AvgIpc) is 3.12. The van der Waals surface area contributed by atoms with E-state index < -0.39 is 5.92 Å². The van der Waals surface area contributed by atoms with E-state index in [4.69, 9.17) is 4.74 Å². The van der Waals surface area contributed by atoms with Crippen molar-refractivity contribution in [1.29, 1.82) is 0 Å². The summed E-state index contributed by atoms with van der Waals surface area (Å²) in [6.45, 7) is 1.62. The fourth-order valence-electron chi connectivity index (χ4n) is 2.52. The summed E-state index contributed by atoms with van der Waals surface area (Å²) >= 11 is 0. The van der Waals surface area contributed by atoms with Gasteiger partial charge in [0.2, 0.25) is 11.8 Å². The van der Waals surface area contributed by atoms with E-state index in [1.807, 2.05) is 0 Å². The molecule has 2 aromatic rings. The molecule has 1 fully saturated rings. The van der Waals surface area contributed by atoms with Crippen LogP contribution < -0.4 is 10.6 Å². The molecule has 2 amide bonds. The third-order valence-corrected chi connectivity index (χ3v) is 3.74. The molecule has 9 heteroatoms.